The number of nitrogens with two attached hydrogens (primary N) is 1. The van der Waals surface area contributed by atoms with Gasteiger partial charge in [0.15, 0.2) is 0 Å². The van der Waals surface area contributed by atoms with Gasteiger partial charge in [0.05, 0.1) is 0 Å². The Morgan fingerprint density at radius 2 is 1.84 bits per heavy atom. The third-order valence-corrected chi connectivity index (χ3v) is 4.08. The molecule has 0 fully saturated rings. The Morgan fingerprint density at radius 1 is 1.00 bits per heavy atom. The lowest BCUT2D eigenvalue weighted by atomic mass is 10.1. The van der Waals surface area contributed by atoms with E-state index in [2.05, 4.69) is 24.3 Å². The number of hydrogen-bond donors (Lipinski definition) is 1. The summed E-state index contributed by atoms with van der Waals surface area (Å²) < 4.78 is 7.05. The number of thiophene rings is 1. The molecule has 3 rings (SSSR count). The summed E-state index contributed by atoms with van der Waals surface area (Å²) in [7, 11) is 0. The van der Waals surface area contributed by atoms with Crippen LogP contribution in [0.3, 0.4) is 0 Å². The second-order valence-corrected chi connectivity index (χ2v) is 5.56. The molecule has 3 aromatic rings. The number of hydrogen-bond acceptors (Lipinski definition) is 3. The van der Waals surface area contributed by atoms with E-state index >= 15 is 0 Å². The molecule has 2 N–H and O–H groups in total. The highest BCUT2D eigenvalue weighted by Gasteiger charge is 2.03. The number of para-hydroxylation sites is 1. The molecular formula is C16H15NOS. The second-order valence-electron chi connectivity index (χ2n) is 4.39. The molecule has 0 aliphatic heterocycles. The van der Waals surface area contributed by atoms with E-state index in [1.807, 2.05) is 30.3 Å². The van der Waals surface area contributed by atoms with Crippen molar-refractivity contribution in [1.29, 1.82) is 0 Å². The van der Waals surface area contributed by atoms with Crippen molar-refractivity contribution in [2.45, 2.75) is 13.2 Å². The largest absolute Gasteiger partial charge is 0.488 e. The van der Waals surface area contributed by atoms with Crippen molar-refractivity contribution in [2.24, 2.45) is 5.73 Å². The zero-order valence-electron chi connectivity index (χ0n) is 10.5. The van der Waals surface area contributed by atoms with Crippen LogP contribution in [-0.2, 0) is 13.2 Å². The summed E-state index contributed by atoms with van der Waals surface area (Å²) in [6, 6.07) is 18.4. The van der Waals surface area contributed by atoms with Crippen molar-refractivity contribution in [1.82, 2.24) is 0 Å². The van der Waals surface area contributed by atoms with Crippen LogP contribution in [0.25, 0.3) is 10.1 Å². The van der Waals surface area contributed by atoms with E-state index < -0.39 is 0 Å². The Morgan fingerprint density at radius 3 is 2.63 bits per heavy atom. The maximum absolute atomic E-state index is 5.76. The summed E-state index contributed by atoms with van der Waals surface area (Å²) in [5.41, 5.74) is 6.83. The molecule has 0 bridgehead atoms. The second kappa shape index (κ2) is 5.43. The van der Waals surface area contributed by atoms with E-state index in [4.69, 9.17) is 10.5 Å². The van der Waals surface area contributed by atoms with Crippen molar-refractivity contribution in [2.75, 3.05) is 0 Å². The standard InChI is InChI=1S/C16H15NOS/c17-10-12-6-7-16-13(8-12)9-15(19-16)11-18-14-4-2-1-3-5-14/h1-9H,10-11,17H2. The molecule has 0 radical (unpaired) electrons. The molecule has 2 nitrogen and oxygen atoms in total. The molecule has 1 heterocycles. The van der Waals surface area contributed by atoms with Gasteiger partial charge in [0.2, 0.25) is 0 Å². The van der Waals surface area contributed by atoms with Gasteiger partial charge in [-0.05, 0) is 41.3 Å². The normalized spacial score (nSPS) is 10.8. The Balaban J connectivity index is 1.78. The Kier molecular flexibility index (Phi) is 3.49. The molecule has 96 valence electrons. The molecule has 0 aliphatic carbocycles. The minimum atomic E-state index is 0.585. The van der Waals surface area contributed by atoms with E-state index in [1.165, 1.54) is 20.5 Å². The number of rotatable bonds is 4. The van der Waals surface area contributed by atoms with Gasteiger partial charge in [-0.2, -0.15) is 0 Å². The van der Waals surface area contributed by atoms with Gasteiger partial charge in [-0.1, -0.05) is 24.3 Å². The molecular weight excluding hydrogens is 254 g/mol. The molecule has 0 aliphatic rings. The summed E-state index contributed by atoms with van der Waals surface area (Å²) >= 11 is 1.77. The van der Waals surface area contributed by atoms with Crippen LogP contribution in [0, 0.1) is 0 Å². The maximum atomic E-state index is 5.76. The maximum Gasteiger partial charge on any atom is 0.122 e. The SMILES string of the molecule is NCc1ccc2sc(COc3ccccc3)cc2c1. The van der Waals surface area contributed by atoms with Gasteiger partial charge in [-0.15, -0.1) is 11.3 Å². The van der Waals surface area contributed by atoms with Gasteiger partial charge in [0.25, 0.3) is 0 Å². The summed E-state index contributed by atoms with van der Waals surface area (Å²) in [5.74, 6) is 0.905. The summed E-state index contributed by atoms with van der Waals surface area (Å²) in [6.45, 7) is 1.20. The summed E-state index contributed by atoms with van der Waals surface area (Å²) in [5, 5.41) is 1.25. The topological polar surface area (TPSA) is 35.2 Å². The number of benzene rings is 2. The van der Waals surface area contributed by atoms with Gasteiger partial charge in [0.1, 0.15) is 12.4 Å². The van der Waals surface area contributed by atoms with Crippen LogP contribution in [0.5, 0.6) is 5.75 Å². The Labute approximate surface area is 116 Å². The minimum absolute atomic E-state index is 0.585. The highest BCUT2D eigenvalue weighted by molar-refractivity contribution is 7.19. The van der Waals surface area contributed by atoms with E-state index in [0.717, 1.165) is 5.75 Å². The van der Waals surface area contributed by atoms with Crippen LogP contribution in [0.15, 0.2) is 54.6 Å². The van der Waals surface area contributed by atoms with Gasteiger partial charge < -0.3 is 10.5 Å². The summed E-state index contributed by atoms with van der Waals surface area (Å²) in [4.78, 5) is 1.23. The average molecular weight is 269 g/mol. The Hall–Kier alpha value is -1.84. The fourth-order valence-electron chi connectivity index (χ4n) is 2.02. The summed E-state index contributed by atoms with van der Waals surface area (Å²) in [6.07, 6.45) is 0. The van der Waals surface area contributed by atoms with E-state index in [-0.39, 0.29) is 0 Å². The van der Waals surface area contributed by atoms with Crippen LogP contribution in [0.1, 0.15) is 10.4 Å². The highest BCUT2D eigenvalue weighted by atomic mass is 32.1. The van der Waals surface area contributed by atoms with E-state index in [9.17, 15) is 0 Å². The molecule has 2 aromatic carbocycles. The molecule has 0 saturated carbocycles. The number of ether oxygens (including phenoxy) is 1. The van der Waals surface area contributed by atoms with E-state index in [1.54, 1.807) is 11.3 Å². The van der Waals surface area contributed by atoms with Gasteiger partial charge in [-0.25, -0.2) is 0 Å². The first-order valence-electron chi connectivity index (χ1n) is 6.24. The predicted molar refractivity (Wildman–Crippen MR) is 80.5 cm³/mol. The molecule has 0 atom stereocenters. The third-order valence-electron chi connectivity index (χ3n) is 2.99. The molecule has 0 saturated heterocycles. The van der Waals surface area contributed by atoms with Crippen molar-refractivity contribution < 1.29 is 4.74 Å². The third kappa shape index (κ3) is 2.78. The van der Waals surface area contributed by atoms with Crippen LogP contribution < -0.4 is 10.5 Å². The highest BCUT2D eigenvalue weighted by Crippen LogP contribution is 2.27. The van der Waals surface area contributed by atoms with Gasteiger partial charge in [0, 0.05) is 16.1 Å². The first-order chi connectivity index (χ1) is 9.35. The average Bonchev–Trinajstić information content (AvgIpc) is 2.88. The van der Waals surface area contributed by atoms with Crippen molar-refractivity contribution in [3.63, 3.8) is 0 Å². The van der Waals surface area contributed by atoms with Crippen LogP contribution in [0.2, 0.25) is 0 Å². The first-order valence-corrected chi connectivity index (χ1v) is 7.06. The van der Waals surface area contributed by atoms with Crippen molar-refractivity contribution in [3.05, 3.63) is 65.0 Å². The fourth-order valence-corrected chi connectivity index (χ4v) is 2.98. The van der Waals surface area contributed by atoms with Crippen LogP contribution in [0.4, 0.5) is 0 Å². The first kappa shape index (κ1) is 12.2. The van der Waals surface area contributed by atoms with Gasteiger partial charge >= 0.3 is 0 Å². The molecule has 19 heavy (non-hydrogen) atoms. The monoisotopic (exact) mass is 269 g/mol. The molecule has 0 unspecified atom stereocenters. The fraction of sp³-hybridized carbons (Fsp3) is 0.125. The molecule has 0 spiro atoms. The molecule has 1 aromatic heterocycles. The van der Waals surface area contributed by atoms with Crippen LogP contribution >= 0.6 is 11.3 Å². The number of fused-ring (bicyclic) bond motifs is 1. The predicted octanol–water partition coefficient (Wildman–Crippen LogP) is 3.94. The zero-order chi connectivity index (χ0) is 13.1. The van der Waals surface area contributed by atoms with E-state index in [0.29, 0.717) is 13.2 Å². The quantitative estimate of drug-likeness (QED) is 0.778. The molecule has 3 heteroatoms. The van der Waals surface area contributed by atoms with Crippen molar-refractivity contribution in [3.8, 4) is 5.75 Å². The lowest BCUT2D eigenvalue weighted by molar-refractivity contribution is 0.310. The smallest absolute Gasteiger partial charge is 0.122 e. The van der Waals surface area contributed by atoms with Crippen molar-refractivity contribution >= 4 is 21.4 Å². The molecule has 0 amide bonds. The van der Waals surface area contributed by atoms with Gasteiger partial charge in [-0.3, -0.25) is 0 Å². The lowest BCUT2D eigenvalue weighted by Crippen LogP contribution is -1.94. The lowest BCUT2D eigenvalue weighted by Gasteiger charge is -2.02. The van der Waals surface area contributed by atoms with Crippen LogP contribution in [-0.4, -0.2) is 0 Å². The Bertz CT molecular complexity index is 676. The minimum Gasteiger partial charge on any atom is -0.488 e. The zero-order valence-corrected chi connectivity index (χ0v) is 11.3.